The van der Waals surface area contributed by atoms with E-state index in [9.17, 15) is 0 Å². The van der Waals surface area contributed by atoms with E-state index >= 15 is 0 Å². The van der Waals surface area contributed by atoms with E-state index < -0.39 is 0 Å². The van der Waals surface area contributed by atoms with Gasteiger partial charge in [-0.2, -0.15) is 0 Å². The van der Waals surface area contributed by atoms with Gasteiger partial charge in [-0.3, -0.25) is 9.88 Å². The molecule has 3 heterocycles. The molecule has 5 nitrogen and oxygen atoms in total. The van der Waals surface area contributed by atoms with Crippen LogP contribution in [0.1, 0.15) is 39.3 Å². The smallest absolute Gasteiger partial charge is 0.147 e. The number of piperazine rings is 1. The van der Waals surface area contributed by atoms with Gasteiger partial charge in [-0.05, 0) is 26.3 Å². The summed E-state index contributed by atoms with van der Waals surface area (Å²) >= 11 is 0. The number of fused-ring (bicyclic) bond motifs is 1. The second-order valence-corrected chi connectivity index (χ2v) is 6.70. The fraction of sp³-hybridized carbons (Fsp3) is 0.750. The van der Waals surface area contributed by atoms with Crippen molar-refractivity contribution in [3.63, 3.8) is 0 Å². The van der Waals surface area contributed by atoms with Crippen molar-refractivity contribution >= 4 is 5.82 Å². The topological polar surface area (TPSA) is 44.3 Å². The highest BCUT2D eigenvalue weighted by molar-refractivity contribution is 5.39. The lowest BCUT2D eigenvalue weighted by atomic mass is 10.1. The highest BCUT2D eigenvalue weighted by Gasteiger charge is 2.34. The maximum Gasteiger partial charge on any atom is 0.147 e. The van der Waals surface area contributed by atoms with E-state index in [1.807, 2.05) is 12.4 Å². The summed E-state index contributed by atoms with van der Waals surface area (Å²) in [5, 5.41) is 3.41. The van der Waals surface area contributed by atoms with Gasteiger partial charge in [0, 0.05) is 44.0 Å². The van der Waals surface area contributed by atoms with Crippen molar-refractivity contribution < 1.29 is 0 Å². The first-order valence-electron chi connectivity index (χ1n) is 8.18. The molecule has 0 radical (unpaired) electrons. The molecule has 2 aliphatic heterocycles. The van der Waals surface area contributed by atoms with Gasteiger partial charge < -0.3 is 10.2 Å². The molecule has 2 saturated heterocycles. The van der Waals surface area contributed by atoms with Crippen molar-refractivity contribution in [2.24, 2.45) is 0 Å². The number of anilines is 1. The minimum atomic E-state index is 0.469. The Labute approximate surface area is 127 Å². The summed E-state index contributed by atoms with van der Waals surface area (Å²) < 4.78 is 0. The first kappa shape index (κ1) is 14.7. The lowest BCUT2D eigenvalue weighted by Crippen LogP contribution is -2.55. The summed E-state index contributed by atoms with van der Waals surface area (Å²) in [5.41, 5.74) is 1.03. The van der Waals surface area contributed by atoms with Gasteiger partial charge >= 0.3 is 0 Å². The summed E-state index contributed by atoms with van der Waals surface area (Å²) in [5.74, 6) is 1.04. The van der Waals surface area contributed by atoms with Gasteiger partial charge in [-0.25, -0.2) is 4.98 Å². The van der Waals surface area contributed by atoms with Gasteiger partial charge in [0.25, 0.3) is 0 Å². The summed E-state index contributed by atoms with van der Waals surface area (Å²) in [6, 6.07) is 1.69. The van der Waals surface area contributed by atoms with Crippen LogP contribution in [0.5, 0.6) is 0 Å². The first-order chi connectivity index (χ1) is 10.1. The lowest BCUT2D eigenvalue weighted by molar-refractivity contribution is 0.202. The van der Waals surface area contributed by atoms with Gasteiger partial charge in [0.2, 0.25) is 0 Å². The zero-order chi connectivity index (χ0) is 14.8. The van der Waals surface area contributed by atoms with E-state index in [0.29, 0.717) is 18.1 Å². The summed E-state index contributed by atoms with van der Waals surface area (Å²) in [6.07, 6.45) is 6.45. The SMILES string of the molecule is CC(C)NCc1cncc(N2CC3CCCN3CC2C)n1. The zero-order valence-electron chi connectivity index (χ0n) is 13.4. The van der Waals surface area contributed by atoms with E-state index in [4.69, 9.17) is 4.98 Å². The van der Waals surface area contributed by atoms with Crippen LogP contribution in [0.3, 0.4) is 0 Å². The Kier molecular flexibility index (Phi) is 4.40. The molecule has 0 amide bonds. The van der Waals surface area contributed by atoms with Gasteiger partial charge in [0.05, 0.1) is 11.9 Å². The molecule has 2 aliphatic rings. The Hall–Kier alpha value is -1.20. The van der Waals surface area contributed by atoms with Crippen molar-refractivity contribution in [1.29, 1.82) is 0 Å². The van der Waals surface area contributed by atoms with E-state index in [2.05, 4.69) is 40.9 Å². The number of hydrogen-bond acceptors (Lipinski definition) is 5. The van der Waals surface area contributed by atoms with Crippen molar-refractivity contribution in [3.05, 3.63) is 18.1 Å². The van der Waals surface area contributed by atoms with Crippen molar-refractivity contribution in [3.8, 4) is 0 Å². The van der Waals surface area contributed by atoms with Crippen LogP contribution in [0.25, 0.3) is 0 Å². The summed E-state index contributed by atoms with van der Waals surface area (Å²) in [4.78, 5) is 14.3. The number of hydrogen-bond donors (Lipinski definition) is 1. The Morgan fingerprint density at radius 1 is 1.33 bits per heavy atom. The second kappa shape index (κ2) is 6.28. The van der Waals surface area contributed by atoms with E-state index in [-0.39, 0.29) is 0 Å². The molecule has 0 bridgehead atoms. The third-order valence-corrected chi connectivity index (χ3v) is 4.59. The van der Waals surface area contributed by atoms with Crippen molar-refractivity contribution in [2.75, 3.05) is 24.5 Å². The molecule has 2 atom stereocenters. The molecule has 0 aliphatic carbocycles. The van der Waals surface area contributed by atoms with Crippen LogP contribution >= 0.6 is 0 Å². The monoisotopic (exact) mass is 289 g/mol. The fourth-order valence-corrected chi connectivity index (χ4v) is 3.43. The van der Waals surface area contributed by atoms with E-state index in [1.165, 1.54) is 19.4 Å². The molecule has 2 fully saturated rings. The number of nitrogens with one attached hydrogen (secondary N) is 1. The van der Waals surface area contributed by atoms with E-state index in [1.54, 1.807) is 0 Å². The second-order valence-electron chi connectivity index (χ2n) is 6.70. The van der Waals surface area contributed by atoms with Crippen LogP contribution in [0.4, 0.5) is 5.82 Å². The van der Waals surface area contributed by atoms with Crippen LogP contribution < -0.4 is 10.2 Å². The quantitative estimate of drug-likeness (QED) is 0.913. The van der Waals surface area contributed by atoms with Gasteiger partial charge in [0.15, 0.2) is 0 Å². The Morgan fingerprint density at radius 2 is 2.19 bits per heavy atom. The molecule has 1 aromatic rings. The van der Waals surface area contributed by atoms with Crippen LogP contribution in [0.2, 0.25) is 0 Å². The molecule has 2 unspecified atom stereocenters. The molecule has 3 rings (SSSR count). The van der Waals surface area contributed by atoms with Crippen LogP contribution in [-0.2, 0) is 6.54 Å². The van der Waals surface area contributed by atoms with E-state index in [0.717, 1.165) is 31.1 Å². The molecule has 21 heavy (non-hydrogen) atoms. The zero-order valence-corrected chi connectivity index (χ0v) is 13.4. The number of rotatable bonds is 4. The average Bonchev–Trinajstić information content (AvgIpc) is 2.91. The van der Waals surface area contributed by atoms with Crippen LogP contribution in [0, 0.1) is 0 Å². The predicted molar refractivity (Wildman–Crippen MR) is 85.4 cm³/mol. The number of aromatic nitrogens is 2. The molecule has 0 spiro atoms. The maximum absolute atomic E-state index is 4.82. The molecular weight excluding hydrogens is 262 g/mol. The maximum atomic E-state index is 4.82. The molecular formula is C16H27N5. The third-order valence-electron chi connectivity index (χ3n) is 4.59. The highest BCUT2D eigenvalue weighted by Crippen LogP contribution is 2.27. The van der Waals surface area contributed by atoms with Crippen molar-refractivity contribution in [1.82, 2.24) is 20.2 Å². The molecule has 0 saturated carbocycles. The largest absolute Gasteiger partial charge is 0.350 e. The third kappa shape index (κ3) is 3.35. The van der Waals surface area contributed by atoms with Gasteiger partial charge in [-0.1, -0.05) is 13.8 Å². The first-order valence-corrected chi connectivity index (χ1v) is 8.18. The molecule has 1 N–H and O–H groups in total. The molecule has 1 aromatic heterocycles. The molecule has 0 aromatic carbocycles. The highest BCUT2D eigenvalue weighted by atomic mass is 15.3. The Balaban J connectivity index is 1.71. The lowest BCUT2D eigenvalue weighted by Gasteiger charge is -2.42. The van der Waals surface area contributed by atoms with Crippen molar-refractivity contribution in [2.45, 2.75) is 58.3 Å². The van der Waals surface area contributed by atoms with Gasteiger partial charge in [0.1, 0.15) is 5.82 Å². The standard InChI is InChI=1S/C16H27N5/c1-12(2)18-8-14-7-17-9-16(19-14)21-11-15-5-4-6-20(15)10-13(21)3/h7,9,12-13,15,18H,4-6,8,10-11H2,1-3H3. The number of nitrogens with zero attached hydrogens (tertiary/aromatic N) is 4. The van der Waals surface area contributed by atoms with Crippen LogP contribution in [-0.4, -0.2) is 52.6 Å². The predicted octanol–water partition coefficient (Wildman–Crippen LogP) is 1.65. The Bertz CT molecular complexity index is 475. The summed E-state index contributed by atoms with van der Waals surface area (Å²) in [6.45, 7) is 10.9. The molecule has 116 valence electrons. The minimum Gasteiger partial charge on any atom is -0.350 e. The fourth-order valence-electron chi connectivity index (χ4n) is 3.43. The van der Waals surface area contributed by atoms with Gasteiger partial charge in [-0.15, -0.1) is 0 Å². The molecule has 5 heteroatoms. The Morgan fingerprint density at radius 3 is 3.00 bits per heavy atom. The minimum absolute atomic E-state index is 0.469. The normalized spacial score (nSPS) is 26.4. The average molecular weight is 289 g/mol. The summed E-state index contributed by atoms with van der Waals surface area (Å²) in [7, 11) is 0. The van der Waals surface area contributed by atoms with Crippen LogP contribution in [0.15, 0.2) is 12.4 Å².